The van der Waals surface area contributed by atoms with Gasteiger partial charge in [-0.1, -0.05) is 30.6 Å². The smallest absolute Gasteiger partial charge is 0.228 e. The van der Waals surface area contributed by atoms with Crippen LogP contribution in [0.4, 0.5) is 15.3 Å². The van der Waals surface area contributed by atoms with Gasteiger partial charge in [-0.05, 0) is 25.7 Å². The van der Waals surface area contributed by atoms with Crippen molar-refractivity contribution in [2.45, 2.75) is 51.0 Å². The van der Waals surface area contributed by atoms with Gasteiger partial charge in [0.2, 0.25) is 5.91 Å². The number of hydrogen-bond donors (Lipinski definition) is 3. The zero-order valence-corrected chi connectivity index (χ0v) is 15.0. The third-order valence-corrected chi connectivity index (χ3v) is 5.49. The third-order valence-electron chi connectivity index (χ3n) is 4.50. The second-order valence-corrected chi connectivity index (χ2v) is 7.39. The highest BCUT2D eigenvalue weighted by atomic mass is 32.1. The zero-order valence-electron chi connectivity index (χ0n) is 14.2. The fourth-order valence-corrected chi connectivity index (χ4v) is 4.02. The molecule has 136 valence electrons. The van der Waals surface area contributed by atoms with Crippen molar-refractivity contribution in [3.63, 3.8) is 0 Å². The van der Waals surface area contributed by atoms with Gasteiger partial charge in [-0.3, -0.25) is 4.79 Å². The lowest BCUT2D eigenvalue weighted by Gasteiger charge is -2.22. The van der Waals surface area contributed by atoms with Crippen LogP contribution in [-0.2, 0) is 4.79 Å². The summed E-state index contributed by atoms with van der Waals surface area (Å²) in [5.74, 6) is 0.0371. The predicted molar refractivity (Wildman–Crippen MR) is 97.4 cm³/mol. The second kappa shape index (κ2) is 8.05. The number of anilines is 2. The van der Waals surface area contributed by atoms with E-state index in [0.29, 0.717) is 21.7 Å². The van der Waals surface area contributed by atoms with Crippen molar-refractivity contribution in [3.05, 3.63) is 12.0 Å². The maximum atomic E-state index is 14.0. The van der Waals surface area contributed by atoms with Crippen LogP contribution in [0.15, 0.2) is 6.20 Å². The van der Waals surface area contributed by atoms with Gasteiger partial charge in [-0.25, -0.2) is 14.4 Å². The van der Waals surface area contributed by atoms with Crippen molar-refractivity contribution in [1.29, 1.82) is 0 Å². The Morgan fingerprint density at radius 2 is 1.96 bits per heavy atom. The molecule has 2 fully saturated rings. The fraction of sp³-hybridized carbons (Fsp3) is 0.588. The predicted octanol–water partition coefficient (Wildman–Crippen LogP) is 3.53. The minimum absolute atomic E-state index is 0.0272. The van der Waals surface area contributed by atoms with Gasteiger partial charge in [0.1, 0.15) is 10.2 Å². The molecule has 2 saturated carbocycles. The molecular formula is C17H23FN4O2S. The lowest BCUT2D eigenvalue weighted by Crippen LogP contribution is -2.21. The Hall–Kier alpha value is -1.80. The first-order valence-corrected chi connectivity index (χ1v) is 9.49. The lowest BCUT2D eigenvalue weighted by atomic mass is 9.96. The van der Waals surface area contributed by atoms with Crippen LogP contribution >= 0.6 is 11.3 Å². The van der Waals surface area contributed by atoms with Crippen LogP contribution in [0.2, 0.25) is 0 Å². The summed E-state index contributed by atoms with van der Waals surface area (Å²) in [6.07, 6.45) is 8.97. The van der Waals surface area contributed by atoms with E-state index in [9.17, 15) is 9.18 Å². The molecule has 8 heteroatoms. The van der Waals surface area contributed by atoms with Crippen LogP contribution in [0, 0.1) is 11.7 Å². The molecule has 2 aliphatic rings. The van der Waals surface area contributed by atoms with E-state index in [4.69, 9.17) is 5.11 Å². The molecule has 0 saturated heterocycles. The second-order valence-electron chi connectivity index (χ2n) is 6.39. The summed E-state index contributed by atoms with van der Waals surface area (Å²) in [6.45, 7) is 0. The van der Waals surface area contributed by atoms with Crippen LogP contribution in [0.1, 0.15) is 44.9 Å². The normalized spacial score (nSPS) is 17.7. The number of halogens is 1. The van der Waals surface area contributed by atoms with E-state index in [1.54, 1.807) is 0 Å². The van der Waals surface area contributed by atoms with Crippen LogP contribution in [0.3, 0.4) is 0 Å². The summed E-state index contributed by atoms with van der Waals surface area (Å²) in [5.41, 5.74) is 0.286. The Kier molecular flexibility index (Phi) is 5.80. The Bertz CT molecular complexity index is 742. The van der Waals surface area contributed by atoms with Crippen molar-refractivity contribution in [1.82, 2.24) is 9.97 Å². The molecule has 2 heterocycles. The number of nitrogens with zero attached hydrogens (tertiary/aromatic N) is 2. The minimum atomic E-state index is -0.447. The van der Waals surface area contributed by atoms with Gasteiger partial charge in [0, 0.05) is 19.1 Å². The number of aliphatic hydroxyl groups is 1. The molecule has 0 unspecified atom stereocenters. The number of aromatic nitrogens is 2. The topological polar surface area (TPSA) is 87.1 Å². The zero-order chi connectivity index (χ0) is 17.8. The monoisotopic (exact) mass is 366 g/mol. The van der Waals surface area contributed by atoms with E-state index in [1.165, 1.54) is 30.6 Å². The number of amides is 1. The van der Waals surface area contributed by atoms with Gasteiger partial charge in [0.05, 0.1) is 6.20 Å². The first-order valence-electron chi connectivity index (χ1n) is 8.68. The average Bonchev–Trinajstić information content (AvgIpc) is 3.41. The Morgan fingerprint density at radius 1 is 1.24 bits per heavy atom. The van der Waals surface area contributed by atoms with Crippen molar-refractivity contribution >= 4 is 38.4 Å². The molecular weight excluding hydrogens is 343 g/mol. The quantitative estimate of drug-likeness (QED) is 0.770. The number of carbonyl (C=O) groups is 1. The Morgan fingerprint density at radius 3 is 2.64 bits per heavy atom. The molecule has 0 atom stereocenters. The maximum Gasteiger partial charge on any atom is 0.228 e. The molecule has 2 aromatic rings. The molecule has 4 rings (SSSR count). The molecule has 3 N–H and O–H groups in total. The third kappa shape index (κ3) is 4.24. The number of pyridine rings is 1. The number of hydrogen-bond acceptors (Lipinski definition) is 6. The van der Waals surface area contributed by atoms with Crippen LogP contribution in [0.5, 0.6) is 0 Å². The number of aliphatic hydroxyl groups excluding tert-OH is 1. The standard InChI is InChI=1S/C16H19FN4OS.CH4O/c17-11-8-18-14(21-15(22)9-6-7-9)13-12(11)20-16(23-13)19-10-4-2-1-3-5-10;1-2/h8-10H,1-7H2,(H,19,20)(H,18,21,22);2H,1H3. The highest BCUT2D eigenvalue weighted by Crippen LogP contribution is 2.35. The van der Waals surface area contributed by atoms with Gasteiger partial charge in [-0.15, -0.1) is 0 Å². The Labute approximate surface area is 149 Å². The molecule has 1 amide bonds. The lowest BCUT2D eigenvalue weighted by molar-refractivity contribution is -0.117. The molecule has 0 aliphatic heterocycles. The number of carbonyl (C=O) groups excluding carboxylic acids is 1. The number of rotatable bonds is 4. The highest BCUT2D eigenvalue weighted by molar-refractivity contribution is 7.22. The van der Waals surface area contributed by atoms with Crippen molar-refractivity contribution in [2.75, 3.05) is 17.7 Å². The minimum Gasteiger partial charge on any atom is -0.400 e. The van der Waals surface area contributed by atoms with Crippen molar-refractivity contribution < 1.29 is 14.3 Å². The SMILES string of the molecule is CO.O=C(Nc1ncc(F)c2nc(NC3CCCCC3)sc12)C1CC1. The van der Waals surface area contributed by atoms with E-state index in [2.05, 4.69) is 20.6 Å². The number of nitrogens with one attached hydrogen (secondary N) is 2. The first-order chi connectivity index (χ1) is 12.2. The van der Waals surface area contributed by atoms with Gasteiger partial charge in [0.25, 0.3) is 0 Å². The van der Waals surface area contributed by atoms with Crippen LogP contribution < -0.4 is 10.6 Å². The van der Waals surface area contributed by atoms with E-state index in [0.717, 1.165) is 39.0 Å². The summed E-state index contributed by atoms with van der Waals surface area (Å²) in [5, 5.41) is 13.9. The van der Waals surface area contributed by atoms with E-state index in [1.807, 2.05) is 0 Å². The van der Waals surface area contributed by atoms with Crippen LogP contribution in [0.25, 0.3) is 10.2 Å². The molecule has 0 bridgehead atoms. The fourth-order valence-electron chi connectivity index (χ4n) is 3.02. The van der Waals surface area contributed by atoms with Gasteiger partial charge >= 0.3 is 0 Å². The largest absolute Gasteiger partial charge is 0.400 e. The number of thiazole rings is 1. The van der Waals surface area contributed by atoms with Gasteiger partial charge < -0.3 is 15.7 Å². The molecule has 0 aromatic carbocycles. The molecule has 2 aliphatic carbocycles. The van der Waals surface area contributed by atoms with E-state index < -0.39 is 5.82 Å². The summed E-state index contributed by atoms with van der Waals surface area (Å²) in [6, 6.07) is 0.407. The van der Waals surface area contributed by atoms with E-state index >= 15 is 0 Å². The summed E-state index contributed by atoms with van der Waals surface area (Å²) >= 11 is 1.37. The summed E-state index contributed by atoms with van der Waals surface area (Å²) < 4.78 is 14.6. The molecule has 0 spiro atoms. The molecule has 6 nitrogen and oxygen atoms in total. The first kappa shape index (κ1) is 18.0. The van der Waals surface area contributed by atoms with E-state index in [-0.39, 0.29) is 17.3 Å². The van der Waals surface area contributed by atoms with Crippen molar-refractivity contribution in [2.24, 2.45) is 5.92 Å². The van der Waals surface area contributed by atoms with Crippen molar-refractivity contribution in [3.8, 4) is 0 Å². The van der Waals surface area contributed by atoms with Gasteiger partial charge in [-0.2, -0.15) is 0 Å². The average molecular weight is 366 g/mol. The molecule has 2 aromatic heterocycles. The maximum absolute atomic E-state index is 14.0. The summed E-state index contributed by atoms with van der Waals surface area (Å²) in [4.78, 5) is 20.4. The van der Waals surface area contributed by atoms with Crippen LogP contribution in [-0.4, -0.2) is 34.1 Å². The summed E-state index contributed by atoms with van der Waals surface area (Å²) in [7, 11) is 1.00. The molecule has 0 radical (unpaired) electrons. The number of fused-ring (bicyclic) bond motifs is 1. The highest BCUT2D eigenvalue weighted by Gasteiger charge is 2.30. The Balaban J connectivity index is 0.000000880. The molecule has 25 heavy (non-hydrogen) atoms. The van der Waals surface area contributed by atoms with Gasteiger partial charge in [0.15, 0.2) is 16.8 Å².